The highest BCUT2D eigenvalue weighted by Crippen LogP contribution is 2.55. The smallest absolute Gasteiger partial charge is 0.235 e. The number of hydrogen-bond acceptors (Lipinski definition) is 5. The lowest BCUT2D eigenvalue weighted by Gasteiger charge is -2.45. The summed E-state index contributed by atoms with van der Waals surface area (Å²) in [6.45, 7) is 10.4. The molecule has 1 amide bonds. The van der Waals surface area contributed by atoms with E-state index in [1.165, 1.54) is 12.7 Å². The Balaban J connectivity index is 2.19. The Bertz CT molecular complexity index is 772. The van der Waals surface area contributed by atoms with Crippen molar-refractivity contribution in [2.75, 3.05) is 7.11 Å². The summed E-state index contributed by atoms with van der Waals surface area (Å²) in [6, 6.07) is -0.0760. The largest absolute Gasteiger partial charge is 0.390 e. The van der Waals surface area contributed by atoms with Gasteiger partial charge >= 0.3 is 0 Å². The van der Waals surface area contributed by atoms with E-state index in [-0.39, 0.29) is 41.9 Å². The first-order valence-electron chi connectivity index (χ1n) is 11.6. The molecule has 1 fully saturated rings. The number of nitrogens with one attached hydrogen (secondary N) is 1. The van der Waals surface area contributed by atoms with Crippen molar-refractivity contribution < 1.29 is 24.5 Å². The molecule has 3 aliphatic rings. The second kappa shape index (κ2) is 9.16. The average molecular weight is 434 g/mol. The van der Waals surface area contributed by atoms with Gasteiger partial charge in [0.05, 0.1) is 12.2 Å². The number of methoxy groups -OCH3 is 1. The van der Waals surface area contributed by atoms with Crippen LogP contribution in [0, 0.1) is 29.1 Å². The van der Waals surface area contributed by atoms with E-state index in [2.05, 4.69) is 39.1 Å². The molecule has 8 unspecified atom stereocenters. The zero-order valence-electron chi connectivity index (χ0n) is 19.7. The number of carbonyl (C=O) groups excluding carboxylic acids is 2. The van der Waals surface area contributed by atoms with Crippen LogP contribution in [0.3, 0.4) is 0 Å². The number of rotatable bonds is 3. The number of amides is 1. The van der Waals surface area contributed by atoms with Crippen molar-refractivity contribution in [2.45, 2.75) is 84.7 Å². The molecule has 31 heavy (non-hydrogen) atoms. The highest BCUT2D eigenvalue weighted by atomic mass is 16.5. The van der Waals surface area contributed by atoms with Crippen molar-refractivity contribution in [3.8, 4) is 0 Å². The first kappa shape index (κ1) is 24.1. The van der Waals surface area contributed by atoms with Crippen molar-refractivity contribution in [3.05, 3.63) is 23.3 Å². The van der Waals surface area contributed by atoms with Gasteiger partial charge < -0.3 is 20.3 Å². The molecule has 3 N–H and O–H groups in total. The molecule has 0 radical (unpaired) electrons. The molecular weight excluding hydrogens is 394 g/mol. The lowest BCUT2D eigenvalue weighted by atomic mass is 9.54. The van der Waals surface area contributed by atoms with Crippen molar-refractivity contribution in [3.63, 3.8) is 0 Å². The van der Waals surface area contributed by atoms with Crippen molar-refractivity contribution in [2.24, 2.45) is 29.1 Å². The van der Waals surface area contributed by atoms with Gasteiger partial charge in [-0.1, -0.05) is 44.1 Å². The van der Waals surface area contributed by atoms with Crippen LogP contribution in [0.4, 0.5) is 0 Å². The van der Waals surface area contributed by atoms with Gasteiger partial charge in [0, 0.05) is 31.4 Å². The van der Waals surface area contributed by atoms with Crippen LogP contribution in [0.15, 0.2) is 23.3 Å². The predicted molar refractivity (Wildman–Crippen MR) is 119 cm³/mol. The van der Waals surface area contributed by atoms with Crippen molar-refractivity contribution >= 4 is 11.7 Å². The highest BCUT2D eigenvalue weighted by molar-refractivity contribution is 6.09. The Kier molecular flexibility index (Phi) is 7.14. The molecule has 6 nitrogen and oxygen atoms in total. The van der Waals surface area contributed by atoms with E-state index in [1.54, 1.807) is 0 Å². The van der Waals surface area contributed by atoms with Crippen LogP contribution < -0.4 is 5.32 Å². The molecule has 3 rings (SSSR count). The maximum absolute atomic E-state index is 14.0. The second-order valence-electron chi connectivity index (χ2n) is 10.3. The van der Waals surface area contributed by atoms with Crippen LogP contribution >= 0.6 is 0 Å². The van der Waals surface area contributed by atoms with Gasteiger partial charge in [-0.25, -0.2) is 0 Å². The lowest BCUT2D eigenvalue weighted by Crippen LogP contribution is -2.54. The molecule has 1 aliphatic heterocycles. The fourth-order valence-electron chi connectivity index (χ4n) is 6.08. The number of carbonyl (C=O) groups is 2. The van der Waals surface area contributed by atoms with E-state index in [1.807, 2.05) is 13.0 Å². The minimum absolute atomic E-state index is 0.0760. The zero-order chi connectivity index (χ0) is 23.1. The Labute approximate surface area is 186 Å². The molecule has 6 heteroatoms. The van der Waals surface area contributed by atoms with E-state index < -0.39 is 23.7 Å². The molecular formula is C25H39NO5. The predicted octanol–water partition coefficient (Wildman–Crippen LogP) is 2.78. The summed E-state index contributed by atoms with van der Waals surface area (Å²) in [4.78, 5) is 27.7. The van der Waals surface area contributed by atoms with Crippen LogP contribution in [0.2, 0.25) is 0 Å². The summed E-state index contributed by atoms with van der Waals surface area (Å²) in [7, 11) is 1.44. The van der Waals surface area contributed by atoms with Crippen LogP contribution in [-0.2, 0) is 14.3 Å². The standard InChI is InChI=1S/C25H39NO5/c1-13(2)9-18-22-16(5)15(4)11-17-10-14(3)7-8-19(27)23(29)20(31-6)12-21(28)25(17,22)24(30)26-18/h10-11,13,16-20,22-23,27,29H,7-9,12H2,1-6H3,(H,26,30)/b14-10+. The number of ketones is 1. The topological polar surface area (TPSA) is 95.9 Å². The molecule has 1 spiro atoms. The van der Waals surface area contributed by atoms with Gasteiger partial charge in [-0.05, 0) is 44.9 Å². The van der Waals surface area contributed by atoms with Gasteiger partial charge in [-0.2, -0.15) is 0 Å². The summed E-state index contributed by atoms with van der Waals surface area (Å²) in [5.41, 5.74) is 0.994. The quantitative estimate of drug-likeness (QED) is 0.470. The van der Waals surface area contributed by atoms with Crippen LogP contribution in [0.25, 0.3) is 0 Å². The number of aliphatic hydroxyl groups excluding tert-OH is 2. The number of Topliss-reactive ketones (excluding diaryl/α,β-unsaturated/α-hetero) is 1. The maximum atomic E-state index is 14.0. The minimum Gasteiger partial charge on any atom is -0.390 e. The average Bonchev–Trinajstić information content (AvgIpc) is 2.98. The summed E-state index contributed by atoms with van der Waals surface area (Å²) in [6.07, 6.45) is 2.79. The second-order valence-corrected chi connectivity index (χ2v) is 10.3. The number of allylic oxidation sites excluding steroid dienone is 4. The molecule has 0 aromatic rings. The first-order valence-corrected chi connectivity index (χ1v) is 11.6. The Morgan fingerprint density at radius 3 is 2.52 bits per heavy atom. The molecule has 1 heterocycles. The monoisotopic (exact) mass is 433 g/mol. The molecule has 1 saturated heterocycles. The van der Waals surface area contributed by atoms with Crippen LogP contribution in [0.1, 0.15) is 60.3 Å². The first-order chi connectivity index (χ1) is 14.5. The Morgan fingerprint density at radius 2 is 1.90 bits per heavy atom. The molecule has 8 atom stereocenters. The third kappa shape index (κ3) is 4.14. The van der Waals surface area contributed by atoms with Crippen LogP contribution in [-0.4, -0.2) is 53.4 Å². The van der Waals surface area contributed by atoms with E-state index >= 15 is 0 Å². The van der Waals surface area contributed by atoms with Gasteiger partial charge in [0.25, 0.3) is 0 Å². The number of hydrogen-bond donors (Lipinski definition) is 3. The fourth-order valence-corrected chi connectivity index (χ4v) is 6.08. The number of ether oxygens (including phenoxy) is 1. The normalized spacial score (nSPS) is 43.3. The maximum Gasteiger partial charge on any atom is 0.235 e. The van der Waals surface area contributed by atoms with E-state index in [9.17, 15) is 19.8 Å². The Morgan fingerprint density at radius 1 is 1.23 bits per heavy atom. The summed E-state index contributed by atoms with van der Waals surface area (Å²) in [5, 5.41) is 24.3. The minimum atomic E-state index is -1.22. The summed E-state index contributed by atoms with van der Waals surface area (Å²) >= 11 is 0. The van der Waals surface area contributed by atoms with E-state index in [4.69, 9.17) is 4.74 Å². The molecule has 0 bridgehead atoms. The molecule has 0 aromatic carbocycles. The molecule has 0 saturated carbocycles. The van der Waals surface area contributed by atoms with Gasteiger partial charge in [0.1, 0.15) is 11.5 Å². The SMILES string of the molecule is COC1CC(=O)C23C(=O)NC(CC(C)C)C2C(C)C(C)=CC3/C=C(\C)CCC(O)C1O. The molecule has 174 valence electrons. The fraction of sp³-hybridized carbons (Fsp3) is 0.760. The van der Waals surface area contributed by atoms with Crippen molar-refractivity contribution in [1.82, 2.24) is 5.32 Å². The van der Waals surface area contributed by atoms with Crippen molar-refractivity contribution in [1.29, 1.82) is 0 Å². The zero-order valence-corrected chi connectivity index (χ0v) is 19.7. The Hall–Kier alpha value is -1.50. The third-order valence-electron chi connectivity index (χ3n) is 7.83. The number of aliphatic hydroxyl groups is 2. The lowest BCUT2D eigenvalue weighted by molar-refractivity contribution is -0.149. The molecule has 0 aromatic heterocycles. The van der Waals surface area contributed by atoms with Gasteiger partial charge in [-0.3, -0.25) is 9.59 Å². The van der Waals surface area contributed by atoms with Gasteiger partial charge in [0.2, 0.25) is 5.91 Å². The van der Waals surface area contributed by atoms with Gasteiger partial charge in [0.15, 0.2) is 5.78 Å². The molecule has 2 aliphatic carbocycles. The van der Waals surface area contributed by atoms with E-state index in [0.29, 0.717) is 18.8 Å². The van der Waals surface area contributed by atoms with Crippen LogP contribution in [0.5, 0.6) is 0 Å². The van der Waals surface area contributed by atoms with Gasteiger partial charge in [-0.15, -0.1) is 0 Å². The third-order valence-corrected chi connectivity index (χ3v) is 7.83. The summed E-state index contributed by atoms with van der Waals surface area (Å²) < 4.78 is 5.45. The summed E-state index contributed by atoms with van der Waals surface area (Å²) in [5.74, 6) is -0.445. The van der Waals surface area contributed by atoms with E-state index in [0.717, 1.165) is 12.0 Å². The highest BCUT2D eigenvalue weighted by Gasteiger charge is 2.65.